The van der Waals surface area contributed by atoms with Crippen molar-refractivity contribution in [1.82, 2.24) is 4.98 Å². The van der Waals surface area contributed by atoms with E-state index in [1.54, 1.807) is 24.9 Å². The molecule has 0 aliphatic heterocycles. The summed E-state index contributed by atoms with van der Waals surface area (Å²) in [6.07, 6.45) is 0. The van der Waals surface area contributed by atoms with Crippen LogP contribution in [-0.2, 0) is 0 Å². The smallest absolute Gasteiger partial charge is 0.252 e. The molecule has 1 amide bonds. The maximum atomic E-state index is 11.4. The summed E-state index contributed by atoms with van der Waals surface area (Å²) in [5.74, 6) is 0.393. The van der Waals surface area contributed by atoms with Crippen LogP contribution in [0.5, 0.6) is 5.75 Å². The van der Waals surface area contributed by atoms with Crippen LogP contribution in [0.25, 0.3) is 10.9 Å². The SMILES string of the molecule is COc1ccc(Sc2ccc3nc(N)c(C(N)=O)cc3c2)cc1. The number of methoxy groups -OCH3 is 1. The van der Waals surface area contributed by atoms with Crippen LogP contribution in [0.3, 0.4) is 0 Å². The van der Waals surface area contributed by atoms with Crippen LogP contribution in [0.2, 0.25) is 0 Å². The lowest BCUT2D eigenvalue weighted by Gasteiger charge is -2.07. The molecular formula is C17H15N3O2S. The first-order valence-corrected chi connectivity index (χ1v) is 7.70. The van der Waals surface area contributed by atoms with E-state index in [1.165, 1.54) is 0 Å². The van der Waals surface area contributed by atoms with E-state index in [1.807, 2.05) is 42.5 Å². The van der Waals surface area contributed by atoms with Gasteiger partial charge >= 0.3 is 0 Å². The number of nitrogens with zero attached hydrogens (tertiary/aromatic N) is 1. The maximum Gasteiger partial charge on any atom is 0.252 e. The molecule has 2 aromatic carbocycles. The lowest BCUT2D eigenvalue weighted by Crippen LogP contribution is -2.14. The van der Waals surface area contributed by atoms with Crippen LogP contribution in [0, 0.1) is 0 Å². The summed E-state index contributed by atoms with van der Waals surface area (Å²) < 4.78 is 5.15. The van der Waals surface area contributed by atoms with Crippen LogP contribution in [0.15, 0.2) is 58.3 Å². The minimum absolute atomic E-state index is 0.153. The Morgan fingerprint density at radius 3 is 2.43 bits per heavy atom. The van der Waals surface area contributed by atoms with Crippen molar-refractivity contribution in [3.63, 3.8) is 0 Å². The molecule has 1 aromatic heterocycles. The lowest BCUT2D eigenvalue weighted by molar-refractivity contribution is 0.100. The van der Waals surface area contributed by atoms with Gasteiger partial charge in [0.1, 0.15) is 11.6 Å². The highest BCUT2D eigenvalue weighted by molar-refractivity contribution is 7.99. The van der Waals surface area contributed by atoms with Crippen molar-refractivity contribution in [1.29, 1.82) is 0 Å². The lowest BCUT2D eigenvalue weighted by atomic mass is 10.1. The van der Waals surface area contributed by atoms with Crippen molar-refractivity contribution < 1.29 is 9.53 Å². The topological polar surface area (TPSA) is 91.2 Å². The van der Waals surface area contributed by atoms with E-state index in [0.29, 0.717) is 0 Å². The highest BCUT2D eigenvalue weighted by atomic mass is 32.2. The van der Waals surface area contributed by atoms with Gasteiger partial charge in [-0.3, -0.25) is 4.79 Å². The quantitative estimate of drug-likeness (QED) is 0.769. The van der Waals surface area contributed by atoms with Crippen molar-refractivity contribution in [2.75, 3.05) is 12.8 Å². The number of pyridine rings is 1. The number of ether oxygens (including phenoxy) is 1. The van der Waals surface area contributed by atoms with E-state index < -0.39 is 5.91 Å². The average Bonchev–Trinajstić information content (AvgIpc) is 2.55. The molecule has 0 saturated heterocycles. The van der Waals surface area contributed by atoms with Crippen LogP contribution in [-0.4, -0.2) is 18.0 Å². The Bertz CT molecular complexity index is 879. The van der Waals surface area contributed by atoms with E-state index in [-0.39, 0.29) is 11.4 Å². The van der Waals surface area contributed by atoms with Crippen molar-refractivity contribution in [2.24, 2.45) is 5.73 Å². The van der Waals surface area contributed by atoms with Gasteiger partial charge in [0.2, 0.25) is 0 Å². The molecule has 0 bridgehead atoms. The zero-order valence-electron chi connectivity index (χ0n) is 12.4. The van der Waals surface area contributed by atoms with Gasteiger partial charge in [-0.1, -0.05) is 11.8 Å². The minimum atomic E-state index is -0.579. The highest BCUT2D eigenvalue weighted by Gasteiger charge is 2.09. The number of nitrogen functional groups attached to an aromatic ring is 1. The first-order chi connectivity index (χ1) is 11.1. The molecule has 3 rings (SSSR count). The van der Waals surface area contributed by atoms with Gasteiger partial charge in [0.15, 0.2) is 0 Å². The van der Waals surface area contributed by atoms with Gasteiger partial charge in [-0.15, -0.1) is 0 Å². The Labute approximate surface area is 137 Å². The molecule has 1 heterocycles. The van der Waals surface area contributed by atoms with E-state index in [9.17, 15) is 4.79 Å². The van der Waals surface area contributed by atoms with Gasteiger partial charge in [-0.2, -0.15) is 0 Å². The minimum Gasteiger partial charge on any atom is -0.497 e. The molecule has 0 saturated carbocycles. The Morgan fingerprint density at radius 2 is 1.78 bits per heavy atom. The Hall–Kier alpha value is -2.73. The molecule has 0 unspecified atom stereocenters. The van der Waals surface area contributed by atoms with E-state index in [0.717, 1.165) is 26.4 Å². The zero-order chi connectivity index (χ0) is 16.4. The summed E-state index contributed by atoms with van der Waals surface area (Å²) in [5.41, 5.74) is 12.0. The second kappa shape index (κ2) is 6.18. The maximum absolute atomic E-state index is 11.4. The number of benzene rings is 2. The van der Waals surface area contributed by atoms with Crippen molar-refractivity contribution in [2.45, 2.75) is 9.79 Å². The predicted molar refractivity (Wildman–Crippen MR) is 91.8 cm³/mol. The fraction of sp³-hybridized carbons (Fsp3) is 0.0588. The van der Waals surface area contributed by atoms with Crippen LogP contribution in [0.1, 0.15) is 10.4 Å². The normalized spacial score (nSPS) is 10.7. The fourth-order valence-corrected chi connectivity index (χ4v) is 3.08. The molecule has 23 heavy (non-hydrogen) atoms. The Morgan fingerprint density at radius 1 is 1.09 bits per heavy atom. The van der Waals surface area contributed by atoms with Gasteiger partial charge in [0, 0.05) is 15.2 Å². The van der Waals surface area contributed by atoms with Crippen LogP contribution < -0.4 is 16.2 Å². The molecule has 5 nitrogen and oxygen atoms in total. The molecule has 0 spiro atoms. The second-order valence-electron chi connectivity index (χ2n) is 4.92. The number of fused-ring (bicyclic) bond motifs is 1. The number of hydrogen-bond donors (Lipinski definition) is 2. The number of primary amides is 1. The number of carbonyl (C=O) groups excluding carboxylic acids is 1. The van der Waals surface area contributed by atoms with E-state index in [2.05, 4.69) is 4.98 Å². The van der Waals surface area contributed by atoms with Crippen LogP contribution in [0.4, 0.5) is 5.82 Å². The Balaban J connectivity index is 1.95. The van der Waals surface area contributed by atoms with E-state index in [4.69, 9.17) is 16.2 Å². The van der Waals surface area contributed by atoms with Crippen LogP contribution >= 0.6 is 11.8 Å². The molecule has 0 atom stereocenters. The number of carbonyl (C=O) groups is 1. The third kappa shape index (κ3) is 3.22. The first kappa shape index (κ1) is 15.2. The second-order valence-corrected chi connectivity index (χ2v) is 6.06. The third-order valence-corrected chi connectivity index (χ3v) is 4.37. The van der Waals surface area contributed by atoms with Gasteiger partial charge in [0.25, 0.3) is 5.91 Å². The molecule has 3 aromatic rings. The molecule has 0 aliphatic rings. The molecule has 4 N–H and O–H groups in total. The molecule has 116 valence electrons. The number of rotatable bonds is 4. The Kier molecular flexibility index (Phi) is 4.08. The summed E-state index contributed by atoms with van der Waals surface area (Å²) in [6, 6.07) is 15.3. The largest absolute Gasteiger partial charge is 0.497 e. The number of amides is 1. The molecular weight excluding hydrogens is 310 g/mol. The average molecular weight is 325 g/mol. The van der Waals surface area contributed by atoms with Crippen molar-refractivity contribution in [3.8, 4) is 5.75 Å². The van der Waals surface area contributed by atoms with Gasteiger partial charge in [0.05, 0.1) is 18.2 Å². The molecule has 0 fully saturated rings. The fourth-order valence-electron chi connectivity index (χ4n) is 2.21. The van der Waals surface area contributed by atoms with Gasteiger partial charge in [-0.05, 0) is 48.5 Å². The number of hydrogen-bond acceptors (Lipinski definition) is 5. The summed E-state index contributed by atoms with van der Waals surface area (Å²) in [4.78, 5) is 17.7. The van der Waals surface area contributed by atoms with E-state index >= 15 is 0 Å². The summed E-state index contributed by atoms with van der Waals surface area (Å²) in [7, 11) is 1.64. The summed E-state index contributed by atoms with van der Waals surface area (Å²) in [5, 5.41) is 0.825. The number of aromatic nitrogens is 1. The van der Waals surface area contributed by atoms with Gasteiger partial charge in [-0.25, -0.2) is 4.98 Å². The van der Waals surface area contributed by atoms with Gasteiger partial charge < -0.3 is 16.2 Å². The summed E-state index contributed by atoms with van der Waals surface area (Å²) >= 11 is 1.61. The zero-order valence-corrected chi connectivity index (χ0v) is 13.3. The molecule has 0 aliphatic carbocycles. The monoisotopic (exact) mass is 325 g/mol. The summed E-state index contributed by atoms with van der Waals surface area (Å²) in [6.45, 7) is 0. The highest BCUT2D eigenvalue weighted by Crippen LogP contribution is 2.31. The predicted octanol–water partition coefficient (Wildman–Crippen LogP) is 3.08. The number of nitrogens with two attached hydrogens (primary N) is 2. The molecule has 0 radical (unpaired) electrons. The molecule has 6 heteroatoms. The standard InChI is InChI=1S/C17H15N3O2S/c1-22-11-2-4-12(5-3-11)23-13-6-7-15-10(8-13)9-14(17(19)21)16(18)20-15/h2-9H,1H3,(H2,18,20)(H2,19,21). The third-order valence-electron chi connectivity index (χ3n) is 3.38. The first-order valence-electron chi connectivity index (χ1n) is 6.89. The number of anilines is 1. The van der Waals surface area contributed by atoms with Crippen molar-refractivity contribution in [3.05, 3.63) is 54.1 Å². The van der Waals surface area contributed by atoms with Crippen molar-refractivity contribution >= 4 is 34.4 Å².